The number of benzene rings is 2. The zero-order chi connectivity index (χ0) is 28.3. The average molecular weight is 549 g/mol. The molecule has 39 heavy (non-hydrogen) atoms. The van der Waals surface area contributed by atoms with Crippen molar-refractivity contribution in [2.45, 2.75) is 44.5 Å². The molecule has 0 aliphatic carbocycles. The SMILES string of the molecule is COc1ccc(C#Cc2cccc(-c3nc(C(=O)O)cc4c3[C@@H](CCO)N(S(=O)C(C)(C)C)C4)c2)cc1OC. The molecule has 2 heterocycles. The Labute approximate surface area is 231 Å². The van der Waals surface area contributed by atoms with Gasteiger partial charge in [-0.25, -0.2) is 18.3 Å². The molecule has 1 aliphatic rings. The number of carboxylic acids is 1. The molecule has 1 aromatic heterocycles. The number of hydrogen-bond donors (Lipinski definition) is 2. The molecule has 1 unspecified atom stereocenters. The number of rotatable bonds is 7. The second-order valence-electron chi connectivity index (χ2n) is 10.1. The van der Waals surface area contributed by atoms with E-state index in [2.05, 4.69) is 16.8 Å². The highest BCUT2D eigenvalue weighted by atomic mass is 32.2. The summed E-state index contributed by atoms with van der Waals surface area (Å²) in [5, 5.41) is 19.7. The second kappa shape index (κ2) is 11.6. The van der Waals surface area contributed by atoms with E-state index in [-0.39, 0.29) is 18.3 Å². The van der Waals surface area contributed by atoms with Crippen molar-refractivity contribution in [3.8, 4) is 34.6 Å². The van der Waals surface area contributed by atoms with Crippen LogP contribution >= 0.6 is 0 Å². The van der Waals surface area contributed by atoms with Crippen molar-refractivity contribution in [2.24, 2.45) is 0 Å². The van der Waals surface area contributed by atoms with Crippen molar-refractivity contribution in [3.05, 3.63) is 76.5 Å². The van der Waals surface area contributed by atoms with Gasteiger partial charge in [0.25, 0.3) is 0 Å². The Bertz CT molecular complexity index is 1480. The van der Waals surface area contributed by atoms with Gasteiger partial charge in [-0.2, -0.15) is 0 Å². The Morgan fingerprint density at radius 1 is 1.08 bits per heavy atom. The van der Waals surface area contributed by atoms with Crippen LogP contribution in [-0.4, -0.2) is 55.3 Å². The Balaban J connectivity index is 1.80. The minimum Gasteiger partial charge on any atom is -0.493 e. The van der Waals surface area contributed by atoms with Crippen LogP contribution in [0.3, 0.4) is 0 Å². The lowest BCUT2D eigenvalue weighted by atomic mass is 9.95. The number of aliphatic hydroxyl groups excluding tert-OH is 1. The van der Waals surface area contributed by atoms with Gasteiger partial charge in [-0.1, -0.05) is 24.0 Å². The van der Waals surface area contributed by atoms with E-state index in [0.29, 0.717) is 41.3 Å². The molecule has 0 amide bonds. The molecule has 2 N–H and O–H groups in total. The first-order chi connectivity index (χ1) is 18.6. The van der Waals surface area contributed by atoms with Gasteiger partial charge in [-0.05, 0) is 69.2 Å². The highest BCUT2D eigenvalue weighted by molar-refractivity contribution is 7.84. The van der Waals surface area contributed by atoms with Gasteiger partial charge in [-0.3, -0.25) is 0 Å². The van der Waals surface area contributed by atoms with Gasteiger partial charge in [0.15, 0.2) is 11.5 Å². The maximum absolute atomic E-state index is 13.4. The van der Waals surface area contributed by atoms with Gasteiger partial charge in [0.1, 0.15) is 16.7 Å². The summed E-state index contributed by atoms with van der Waals surface area (Å²) in [4.78, 5) is 16.5. The van der Waals surface area contributed by atoms with E-state index in [1.807, 2.05) is 55.4 Å². The molecule has 0 spiro atoms. The van der Waals surface area contributed by atoms with Crippen molar-refractivity contribution in [3.63, 3.8) is 0 Å². The minimum atomic E-state index is -1.38. The average Bonchev–Trinajstić information content (AvgIpc) is 3.28. The predicted molar refractivity (Wildman–Crippen MR) is 150 cm³/mol. The smallest absolute Gasteiger partial charge is 0.354 e. The third kappa shape index (κ3) is 5.98. The third-order valence-electron chi connectivity index (χ3n) is 6.38. The van der Waals surface area contributed by atoms with Gasteiger partial charge in [-0.15, -0.1) is 0 Å². The quantitative estimate of drug-likeness (QED) is 0.417. The number of fused-ring (bicyclic) bond motifs is 1. The van der Waals surface area contributed by atoms with Crippen LogP contribution in [0.4, 0.5) is 0 Å². The van der Waals surface area contributed by atoms with Gasteiger partial charge >= 0.3 is 5.97 Å². The Hall–Kier alpha value is -3.71. The van der Waals surface area contributed by atoms with Gasteiger partial charge in [0.2, 0.25) is 0 Å². The molecule has 1 aliphatic heterocycles. The van der Waals surface area contributed by atoms with Gasteiger partial charge < -0.3 is 19.7 Å². The van der Waals surface area contributed by atoms with Crippen molar-refractivity contribution in [2.75, 3.05) is 20.8 Å². The first-order valence-corrected chi connectivity index (χ1v) is 13.6. The fourth-order valence-corrected chi connectivity index (χ4v) is 6.00. The number of methoxy groups -OCH3 is 2. The highest BCUT2D eigenvalue weighted by Gasteiger charge is 2.40. The number of hydrogen-bond acceptors (Lipinski definition) is 6. The van der Waals surface area contributed by atoms with Gasteiger partial charge in [0, 0.05) is 35.4 Å². The Morgan fingerprint density at radius 2 is 1.77 bits per heavy atom. The maximum Gasteiger partial charge on any atom is 0.354 e. The molecule has 2 atom stereocenters. The molecule has 0 saturated carbocycles. The van der Waals surface area contributed by atoms with Crippen LogP contribution in [-0.2, 0) is 17.5 Å². The fraction of sp³-hybridized carbons (Fsp3) is 0.333. The van der Waals surface area contributed by atoms with Crippen LogP contribution in [0.2, 0.25) is 0 Å². The Morgan fingerprint density at radius 3 is 2.38 bits per heavy atom. The summed E-state index contributed by atoms with van der Waals surface area (Å²) in [5.74, 6) is 6.34. The fourth-order valence-electron chi connectivity index (χ4n) is 4.60. The normalized spacial score (nSPS) is 15.7. The number of carbonyl (C=O) groups is 1. The zero-order valence-electron chi connectivity index (χ0n) is 22.6. The van der Waals surface area contributed by atoms with E-state index >= 15 is 0 Å². The number of aromatic nitrogens is 1. The molecule has 0 fully saturated rings. The largest absolute Gasteiger partial charge is 0.493 e. The summed E-state index contributed by atoms with van der Waals surface area (Å²) >= 11 is 0. The lowest BCUT2D eigenvalue weighted by molar-refractivity contribution is 0.0690. The van der Waals surface area contributed by atoms with Crippen molar-refractivity contribution in [1.29, 1.82) is 0 Å². The number of pyridine rings is 1. The summed E-state index contributed by atoms with van der Waals surface area (Å²) in [6, 6.07) is 14.0. The van der Waals surface area contributed by atoms with E-state index in [1.54, 1.807) is 32.4 Å². The molecule has 0 radical (unpaired) electrons. The number of carboxylic acid groups (broad SMARTS) is 1. The molecule has 2 aromatic carbocycles. The van der Waals surface area contributed by atoms with Crippen LogP contribution < -0.4 is 9.47 Å². The maximum atomic E-state index is 13.4. The predicted octanol–water partition coefficient (Wildman–Crippen LogP) is 4.57. The van der Waals surface area contributed by atoms with E-state index in [9.17, 15) is 19.2 Å². The molecule has 0 bridgehead atoms. The molecule has 0 saturated heterocycles. The lowest BCUT2D eigenvalue weighted by Gasteiger charge is -2.30. The molecule has 3 aromatic rings. The van der Waals surface area contributed by atoms with Gasteiger partial charge in [0.05, 0.1) is 30.7 Å². The highest BCUT2D eigenvalue weighted by Crippen LogP contribution is 2.44. The van der Waals surface area contributed by atoms with Crippen molar-refractivity contribution >= 4 is 17.0 Å². The zero-order valence-corrected chi connectivity index (χ0v) is 23.5. The summed E-state index contributed by atoms with van der Waals surface area (Å²) < 4.78 is 25.4. The summed E-state index contributed by atoms with van der Waals surface area (Å²) in [6.07, 6.45) is 0.342. The summed E-state index contributed by atoms with van der Waals surface area (Å²) in [5.41, 5.74) is 4.09. The third-order valence-corrected chi connectivity index (χ3v) is 8.24. The first-order valence-electron chi connectivity index (χ1n) is 12.5. The standard InChI is InChI=1S/C30H32N2O6S/c1-30(2,3)39(36)32-18-22-17-23(29(34)35)31-28(27(22)24(32)13-14-33)21-8-6-7-19(15-21)9-10-20-11-12-25(37-4)26(16-20)38-5/h6-8,11-12,15-17,24,33H,13-14,18H2,1-5H3,(H,34,35)/t24-,39?/m1/s1. The van der Waals surface area contributed by atoms with E-state index in [0.717, 1.165) is 16.7 Å². The van der Waals surface area contributed by atoms with Crippen LogP contribution in [0.15, 0.2) is 48.5 Å². The monoisotopic (exact) mass is 548 g/mol. The second-order valence-corrected chi connectivity index (χ2v) is 12.3. The molecule has 204 valence electrons. The van der Waals surface area contributed by atoms with Crippen LogP contribution in [0.25, 0.3) is 11.3 Å². The van der Waals surface area contributed by atoms with Crippen LogP contribution in [0.5, 0.6) is 11.5 Å². The minimum absolute atomic E-state index is 0.0864. The van der Waals surface area contributed by atoms with Crippen molar-refractivity contribution < 1.29 is 28.7 Å². The number of ether oxygens (including phenoxy) is 2. The molecular weight excluding hydrogens is 516 g/mol. The molecule has 9 heteroatoms. The summed E-state index contributed by atoms with van der Waals surface area (Å²) in [7, 11) is 1.76. The number of aliphatic hydroxyl groups is 1. The Kier molecular flexibility index (Phi) is 8.40. The van der Waals surface area contributed by atoms with Crippen LogP contribution in [0.1, 0.15) is 66.0 Å². The number of nitrogens with zero attached hydrogens (tertiary/aromatic N) is 2. The lowest BCUT2D eigenvalue weighted by Crippen LogP contribution is -2.36. The number of aromatic carboxylic acids is 1. The van der Waals surface area contributed by atoms with Crippen LogP contribution in [0, 0.1) is 11.8 Å². The molecule has 4 rings (SSSR count). The first kappa shape index (κ1) is 28.3. The molecule has 8 nitrogen and oxygen atoms in total. The topological polar surface area (TPSA) is 109 Å². The van der Waals surface area contributed by atoms with E-state index in [4.69, 9.17) is 9.47 Å². The van der Waals surface area contributed by atoms with E-state index in [1.165, 1.54) is 0 Å². The summed E-state index contributed by atoms with van der Waals surface area (Å²) in [6.45, 7) is 5.87. The van der Waals surface area contributed by atoms with Crippen molar-refractivity contribution in [1.82, 2.24) is 9.29 Å². The van der Waals surface area contributed by atoms with E-state index < -0.39 is 21.7 Å². The molecular formula is C30H32N2O6S.